The van der Waals surface area contributed by atoms with E-state index in [9.17, 15) is 4.79 Å². The van der Waals surface area contributed by atoms with Gasteiger partial charge >= 0.3 is 0 Å². The van der Waals surface area contributed by atoms with Crippen LogP contribution in [0.25, 0.3) is 11.1 Å². The van der Waals surface area contributed by atoms with Crippen molar-refractivity contribution in [1.29, 1.82) is 0 Å². The van der Waals surface area contributed by atoms with Crippen molar-refractivity contribution in [2.45, 2.75) is 76.5 Å². The van der Waals surface area contributed by atoms with Crippen LogP contribution in [0.15, 0.2) is 22.6 Å². The van der Waals surface area contributed by atoms with Crippen LogP contribution in [0.3, 0.4) is 0 Å². The number of nitrogens with zero attached hydrogens (tertiary/aromatic N) is 3. The predicted octanol–water partition coefficient (Wildman–Crippen LogP) is 3.40. The van der Waals surface area contributed by atoms with E-state index in [4.69, 9.17) is 9.40 Å². The molecule has 0 radical (unpaired) electrons. The molecule has 5 rings (SSSR count). The van der Waals surface area contributed by atoms with Crippen molar-refractivity contribution in [3.05, 3.63) is 23.8 Å². The highest BCUT2D eigenvalue weighted by atomic mass is 16.4. The highest BCUT2D eigenvalue weighted by Crippen LogP contribution is 2.33. The van der Waals surface area contributed by atoms with Gasteiger partial charge in [-0.25, -0.2) is 0 Å². The molecule has 2 aromatic rings. The molecule has 2 unspecified atom stereocenters. The maximum absolute atomic E-state index is 13.3. The normalized spacial score (nSPS) is 28.9. The minimum atomic E-state index is -0.0258. The molecule has 7 heteroatoms. The second-order valence-corrected chi connectivity index (χ2v) is 10.4. The smallest absolute Gasteiger partial charge is 0.298 e. The van der Waals surface area contributed by atoms with Crippen LogP contribution in [-0.2, 0) is 0 Å². The number of benzene rings is 1. The van der Waals surface area contributed by atoms with Crippen LogP contribution < -0.4 is 15.5 Å². The van der Waals surface area contributed by atoms with Gasteiger partial charge in [0.1, 0.15) is 5.52 Å². The van der Waals surface area contributed by atoms with Gasteiger partial charge in [-0.15, -0.1) is 0 Å². The fourth-order valence-electron chi connectivity index (χ4n) is 6.01. The number of aromatic nitrogens is 1. The first-order valence-corrected chi connectivity index (χ1v) is 12.4. The lowest BCUT2D eigenvalue weighted by Gasteiger charge is -2.47. The molecule has 2 N–H and O–H groups in total. The van der Waals surface area contributed by atoms with Crippen molar-refractivity contribution in [3.63, 3.8) is 0 Å². The van der Waals surface area contributed by atoms with Gasteiger partial charge in [-0.2, -0.15) is 4.98 Å². The van der Waals surface area contributed by atoms with Crippen molar-refractivity contribution >= 4 is 23.0 Å². The Morgan fingerprint density at radius 2 is 2.06 bits per heavy atom. The number of para-hydroxylation sites is 1. The highest BCUT2D eigenvalue weighted by molar-refractivity contribution is 6.04. The quantitative estimate of drug-likeness (QED) is 0.744. The average molecular weight is 440 g/mol. The van der Waals surface area contributed by atoms with Gasteiger partial charge in [0, 0.05) is 43.8 Å². The molecular weight excluding hydrogens is 402 g/mol. The standard InChI is InChI=1S/C25H37N5O2/c1-16(2)12-20-15-26-10-11-30(20)25-28-23-21(8-5-9-22(23)32-25)24(31)27-17-13-18-6-4-7-19(14-17)29(18)3/h5,8-9,16-20,26H,4,6-7,10-15H2,1-3H3,(H,27,31)/t17?,18?,19?,20-/m0/s1. The fourth-order valence-corrected chi connectivity index (χ4v) is 6.01. The molecule has 3 aliphatic rings. The molecule has 174 valence electrons. The molecule has 32 heavy (non-hydrogen) atoms. The summed E-state index contributed by atoms with van der Waals surface area (Å²) >= 11 is 0. The SMILES string of the molecule is CC(C)C[C@H]1CNCCN1c1nc2c(C(=O)NC3CC4CCCC(C3)N4C)cccc2o1. The van der Waals surface area contributed by atoms with Crippen molar-refractivity contribution < 1.29 is 9.21 Å². The van der Waals surface area contributed by atoms with E-state index in [0.717, 1.165) is 38.9 Å². The Labute approximate surface area is 190 Å². The summed E-state index contributed by atoms with van der Waals surface area (Å²) < 4.78 is 6.18. The van der Waals surface area contributed by atoms with E-state index >= 15 is 0 Å². The number of piperidine rings is 2. The third-order valence-corrected chi connectivity index (χ3v) is 7.67. The number of oxazole rings is 1. The Bertz CT molecular complexity index is 943. The number of anilines is 1. The molecule has 1 aromatic carbocycles. The molecular formula is C25H37N5O2. The third-order valence-electron chi connectivity index (χ3n) is 7.67. The summed E-state index contributed by atoms with van der Waals surface area (Å²) in [6.07, 6.45) is 6.95. The Morgan fingerprint density at radius 3 is 2.81 bits per heavy atom. The molecule has 0 spiro atoms. The second kappa shape index (κ2) is 9.02. The van der Waals surface area contributed by atoms with E-state index in [2.05, 4.69) is 41.3 Å². The second-order valence-electron chi connectivity index (χ2n) is 10.4. The van der Waals surface area contributed by atoms with E-state index in [-0.39, 0.29) is 11.9 Å². The molecule has 4 heterocycles. The molecule has 3 saturated heterocycles. The van der Waals surface area contributed by atoms with Crippen molar-refractivity contribution in [1.82, 2.24) is 20.5 Å². The lowest BCUT2D eigenvalue weighted by atomic mass is 9.82. The van der Waals surface area contributed by atoms with E-state index in [1.165, 1.54) is 19.3 Å². The molecule has 0 aliphatic carbocycles. The third kappa shape index (κ3) is 4.25. The summed E-state index contributed by atoms with van der Waals surface area (Å²) in [6, 6.07) is 8.11. The lowest BCUT2D eigenvalue weighted by Crippen LogP contribution is -2.55. The van der Waals surface area contributed by atoms with Crippen molar-refractivity contribution in [2.24, 2.45) is 5.92 Å². The van der Waals surface area contributed by atoms with Crippen molar-refractivity contribution in [3.8, 4) is 0 Å². The zero-order chi connectivity index (χ0) is 22.2. The van der Waals surface area contributed by atoms with Gasteiger partial charge in [0.15, 0.2) is 5.58 Å². The molecule has 7 nitrogen and oxygen atoms in total. The summed E-state index contributed by atoms with van der Waals surface area (Å²) in [4.78, 5) is 22.9. The largest absolute Gasteiger partial charge is 0.423 e. The molecule has 1 amide bonds. The Hall–Kier alpha value is -2.12. The van der Waals surface area contributed by atoms with Crippen LogP contribution in [0.2, 0.25) is 0 Å². The fraction of sp³-hybridized carbons (Fsp3) is 0.680. The Balaban J connectivity index is 1.35. The number of hydrogen-bond donors (Lipinski definition) is 2. The lowest BCUT2D eigenvalue weighted by molar-refractivity contribution is 0.0463. The summed E-state index contributed by atoms with van der Waals surface area (Å²) in [5.74, 6) is 0.573. The van der Waals surface area contributed by atoms with Gasteiger partial charge in [0.25, 0.3) is 11.9 Å². The van der Waals surface area contributed by atoms with Crippen LogP contribution in [0, 0.1) is 5.92 Å². The van der Waals surface area contributed by atoms with Gasteiger partial charge in [-0.05, 0) is 57.2 Å². The average Bonchev–Trinajstić information content (AvgIpc) is 3.18. The predicted molar refractivity (Wildman–Crippen MR) is 127 cm³/mol. The number of carbonyl (C=O) groups excluding carboxylic acids is 1. The minimum absolute atomic E-state index is 0.0258. The van der Waals surface area contributed by atoms with Crippen LogP contribution in [0.4, 0.5) is 6.01 Å². The molecule has 3 atom stereocenters. The number of rotatable bonds is 5. The van der Waals surface area contributed by atoms with Gasteiger partial charge in [-0.1, -0.05) is 26.3 Å². The molecule has 2 bridgehead atoms. The van der Waals surface area contributed by atoms with E-state index in [0.29, 0.717) is 46.7 Å². The zero-order valence-corrected chi connectivity index (χ0v) is 19.6. The van der Waals surface area contributed by atoms with E-state index < -0.39 is 0 Å². The van der Waals surface area contributed by atoms with Crippen LogP contribution in [0.5, 0.6) is 0 Å². The molecule has 3 aliphatic heterocycles. The summed E-state index contributed by atoms with van der Waals surface area (Å²) in [5.41, 5.74) is 1.99. The van der Waals surface area contributed by atoms with Crippen molar-refractivity contribution in [2.75, 3.05) is 31.6 Å². The van der Waals surface area contributed by atoms with Gasteiger partial charge in [-0.3, -0.25) is 4.79 Å². The monoisotopic (exact) mass is 439 g/mol. The maximum atomic E-state index is 13.3. The van der Waals surface area contributed by atoms with E-state index in [1.54, 1.807) is 0 Å². The van der Waals surface area contributed by atoms with Gasteiger partial charge in [0.2, 0.25) is 0 Å². The number of amides is 1. The summed E-state index contributed by atoms with van der Waals surface area (Å²) in [5, 5.41) is 6.82. The number of hydrogen-bond acceptors (Lipinski definition) is 6. The number of fused-ring (bicyclic) bond motifs is 3. The Morgan fingerprint density at radius 1 is 1.28 bits per heavy atom. The molecule has 1 aromatic heterocycles. The zero-order valence-electron chi connectivity index (χ0n) is 19.6. The highest BCUT2D eigenvalue weighted by Gasteiger charge is 2.37. The van der Waals surface area contributed by atoms with Crippen LogP contribution in [-0.4, -0.2) is 66.6 Å². The number of nitrogens with one attached hydrogen (secondary N) is 2. The first kappa shape index (κ1) is 21.7. The number of carbonyl (C=O) groups is 1. The molecule has 0 saturated carbocycles. The van der Waals surface area contributed by atoms with Gasteiger partial charge in [0.05, 0.1) is 5.56 Å². The maximum Gasteiger partial charge on any atom is 0.298 e. The van der Waals surface area contributed by atoms with Gasteiger partial charge < -0.3 is 24.9 Å². The first-order chi connectivity index (χ1) is 15.5. The summed E-state index contributed by atoms with van der Waals surface area (Å²) in [7, 11) is 2.24. The topological polar surface area (TPSA) is 73.6 Å². The molecule has 3 fully saturated rings. The van der Waals surface area contributed by atoms with Crippen LogP contribution >= 0.6 is 0 Å². The summed E-state index contributed by atoms with van der Waals surface area (Å²) in [6.45, 7) is 7.21. The minimum Gasteiger partial charge on any atom is -0.423 e. The number of piperazine rings is 1. The Kier molecular flexibility index (Phi) is 6.12. The van der Waals surface area contributed by atoms with E-state index in [1.807, 2.05) is 18.2 Å². The first-order valence-electron chi connectivity index (χ1n) is 12.4. The van der Waals surface area contributed by atoms with Crippen LogP contribution in [0.1, 0.15) is 62.7 Å².